The third kappa shape index (κ3) is 8.98. The van der Waals surface area contributed by atoms with Crippen molar-refractivity contribution in [2.24, 2.45) is 0 Å². The van der Waals surface area contributed by atoms with Crippen LogP contribution in [0.5, 0.6) is 5.75 Å². The first-order valence-electron chi connectivity index (χ1n) is 10.5. The summed E-state index contributed by atoms with van der Waals surface area (Å²) in [4.78, 5) is 28.7. The number of carbonyl (C=O) groups is 1. The van der Waals surface area contributed by atoms with Crippen LogP contribution in [0.15, 0.2) is 71.7 Å². The maximum Gasteiger partial charge on any atom is 0.323 e. The van der Waals surface area contributed by atoms with Gasteiger partial charge in [0.05, 0.1) is 11.9 Å². The summed E-state index contributed by atoms with van der Waals surface area (Å²) in [5.41, 5.74) is 2.27. The minimum absolute atomic E-state index is 0.00561. The molecule has 0 atom stereocenters. The molecule has 0 spiro atoms. The lowest BCUT2D eigenvalue weighted by Gasteiger charge is -2.10. The summed E-state index contributed by atoms with van der Waals surface area (Å²) in [6, 6.07) is 13.6. The van der Waals surface area contributed by atoms with Crippen molar-refractivity contribution >= 4 is 33.2 Å². The molecule has 13 heteroatoms. The van der Waals surface area contributed by atoms with E-state index in [2.05, 4.69) is 15.6 Å². The number of hydrogen-bond donors (Lipinski definition) is 3. The first kappa shape index (κ1) is 27.2. The van der Waals surface area contributed by atoms with E-state index in [9.17, 15) is 26.8 Å². The molecule has 0 saturated carbocycles. The highest BCUT2D eigenvalue weighted by Gasteiger charge is 2.07. The number of amides is 2. The van der Waals surface area contributed by atoms with Crippen LogP contribution >= 0.6 is 0 Å². The van der Waals surface area contributed by atoms with Crippen LogP contribution in [0.3, 0.4) is 0 Å². The Morgan fingerprint density at radius 2 is 1.59 bits per heavy atom. The van der Waals surface area contributed by atoms with Gasteiger partial charge < -0.3 is 15.4 Å². The molecular weight excluding hydrogens is 510 g/mol. The molecule has 2 heterocycles. The van der Waals surface area contributed by atoms with Crippen LogP contribution in [0.4, 0.5) is 25.0 Å². The molecule has 3 N–H and O–H groups in total. The summed E-state index contributed by atoms with van der Waals surface area (Å²) >= 11 is 0. The van der Waals surface area contributed by atoms with Gasteiger partial charge in [-0.3, -0.25) is 13.7 Å². The van der Waals surface area contributed by atoms with E-state index in [0.717, 1.165) is 17.7 Å². The summed E-state index contributed by atoms with van der Waals surface area (Å²) in [6.45, 7) is 2.01. The Morgan fingerprint density at radius 3 is 2.22 bits per heavy atom. The quantitative estimate of drug-likeness (QED) is 0.330. The van der Waals surface area contributed by atoms with Crippen LogP contribution in [-0.2, 0) is 16.7 Å². The molecule has 2 aromatic heterocycles. The minimum atomic E-state index is -3.67. The van der Waals surface area contributed by atoms with E-state index < -0.39 is 27.8 Å². The SMILES string of the molecule is CS(=O)(=O)O.Cc1ccn2c(=O)cc(COc3ccc(NC(=O)Nc4cc(F)cc(F)c4)cc3)nc2c1. The van der Waals surface area contributed by atoms with Crippen molar-refractivity contribution < 1.29 is 31.3 Å². The number of carbonyl (C=O) groups excluding carboxylic acids is 1. The number of halogens is 2. The van der Waals surface area contributed by atoms with Gasteiger partial charge in [-0.05, 0) is 61.0 Å². The number of hydrogen-bond acceptors (Lipinski definition) is 6. The Hall–Kier alpha value is -4.36. The zero-order valence-electron chi connectivity index (χ0n) is 19.6. The largest absolute Gasteiger partial charge is 0.487 e. The van der Waals surface area contributed by atoms with Crippen LogP contribution in [0, 0.1) is 18.6 Å². The summed E-state index contributed by atoms with van der Waals surface area (Å²) < 4.78 is 59.4. The van der Waals surface area contributed by atoms with Crippen molar-refractivity contribution in [2.45, 2.75) is 13.5 Å². The molecule has 37 heavy (non-hydrogen) atoms. The third-order valence-corrected chi connectivity index (χ3v) is 4.50. The van der Waals surface area contributed by atoms with Gasteiger partial charge in [-0.25, -0.2) is 18.6 Å². The van der Waals surface area contributed by atoms with Crippen molar-refractivity contribution in [2.75, 3.05) is 16.9 Å². The van der Waals surface area contributed by atoms with Crippen LogP contribution in [0.2, 0.25) is 0 Å². The monoisotopic (exact) mass is 532 g/mol. The predicted octanol–water partition coefficient (Wildman–Crippen LogP) is 4.01. The Kier molecular flexibility index (Phi) is 8.52. The summed E-state index contributed by atoms with van der Waals surface area (Å²) in [6.07, 6.45) is 2.39. The molecular formula is C24H22F2N4O6S. The average molecular weight is 533 g/mol. The van der Waals surface area contributed by atoms with Gasteiger partial charge in [0.15, 0.2) is 0 Å². The molecule has 0 saturated heterocycles. The number of aromatic nitrogens is 2. The second-order valence-electron chi connectivity index (χ2n) is 7.80. The van der Waals surface area contributed by atoms with Gasteiger partial charge >= 0.3 is 6.03 Å². The Labute approximate surface area is 210 Å². The van der Waals surface area contributed by atoms with E-state index >= 15 is 0 Å². The smallest absolute Gasteiger partial charge is 0.323 e. The molecule has 0 unspecified atom stereocenters. The van der Waals surface area contributed by atoms with Gasteiger partial charge in [0, 0.05) is 29.7 Å². The van der Waals surface area contributed by atoms with Crippen molar-refractivity contribution in [1.82, 2.24) is 9.38 Å². The summed E-state index contributed by atoms with van der Waals surface area (Å²) in [5.74, 6) is -1.07. The van der Waals surface area contributed by atoms with Gasteiger partial charge in [-0.1, -0.05) is 0 Å². The van der Waals surface area contributed by atoms with Crippen LogP contribution in [-0.4, -0.2) is 34.6 Å². The van der Waals surface area contributed by atoms with E-state index in [4.69, 9.17) is 9.29 Å². The number of anilines is 2. The summed E-state index contributed by atoms with van der Waals surface area (Å²) in [5, 5.41) is 4.91. The van der Waals surface area contributed by atoms with E-state index in [1.54, 1.807) is 30.5 Å². The average Bonchev–Trinajstić information content (AvgIpc) is 2.76. The first-order valence-corrected chi connectivity index (χ1v) is 12.4. The maximum atomic E-state index is 13.2. The highest BCUT2D eigenvalue weighted by atomic mass is 32.2. The second kappa shape index (κ2) is 11.6. The van der Waals surface area contributed by atoms with E-state index in [1.807, 2.05) is 19.1 Å². The van der Waals surface area contributed by atoms with Crippen LogP contribution in [0.25, 0.3) is 5.65 Å². The second-order valence-corrected chi connectivity index (χ2v) is 9.27. The molecule has 0 bridgehead atoms. The van der Waals surface area contributed by atoms with Gasteiger partial charge in [-0.15, -0.1) is 0 Å². The molecule has 2 aromatic carbocycles. The number of aryl methyl sites for hydroxylation is 1. The topological polar surface area (TPSA) is 139 Å². The first-order chi connectivity index (χ1) is 17.4. The number of pyridine rings is 1. The van der Waals surface area contributed by atoms with E-state index in [0.29, 0.717) is 35.1 Å². The minimum Gasteiger partial charge on any atom is -0.487 e. The van der Waals surface area contributed by atoms with Gasteiger partial charge in [-0.2, -0.15) is 8.42 Å². The summed E-state index contributed by atoms with van der Waals surface area (Å²) in [7, 11) is -3.67. The highest BCUT2D eigenvalue weighted by molar-refractivity contribution is 7.85. The Morgan fingerprint density at radius 1 is 1.00 bits per heavy atom. The fraction of sp³-hybridized carbons (Fsp3) is 0.125. The lowest BCUT2D eigenvalue weighted by Crippen LogP contribution is -2.19. The maximum absolute atomic E-state index is 13.2. The molecule has 0 radical (unpaired) electrons. The molecule has 194 valence electrons. The zero-order valence-corrected chi connectivity index (χ0v) is 20.4. The van der Waals surface area contributed by atoms with Crippen molar-refractivity contribution in [1.29, 1.82) is 0 Å². The van der Waals surface area contributed by atoms with E-state index in [1.165, 1.54) is 10.5 Å². The van der Waals surface area contributed by atoms with Crippen LogP contribution < -0.4 is 20.9 Å². The zero-order chi connectivity index (χ0) is 27.2. The number of fused-ring (bicyclic) bond motifs is 1. The number of nitrogens with one attached hydrogen (secondary N) is 2. The Bertz CT molecular complexity index is 1560. The van der Waals surface area contributed by atoms with Crippen LogP contribution in [0.1, 0.15) is 11.3 Å². The highest BCUT2D eigenvalue weighted by Crippen LogP contribution is 2.18. The number of rotatable bonds is 5. The third-order valence-electron chi connectivity index (χ3n) is 4.50. The normalized spacial score (nSPS) is 10.8. The number of benzene rings is 2. The molecule has 2 amide bonds. The van der Waals surface area contributed by atoms with Gasteiger partial charge in [0.1, 0.15) is 29.6 Å². The Balaban J connectivity index is 0.000000695. The van der Waals surface area contributed by atoms with Crippen molar-refractivity contribution in [3.63, 3.8) is 0 Å². The van der Waals surface area contributed by atoms with Gasteiger partial charge in [0.2, 0.25) is 0 Å². The molecule has 4 aromatic rings. The lowest BCUT2D eigenvalue weighted by molar-refractivity contribution is 0.262. The molecule has 10 nitrogen and oxygen atoms in total. The predicted molar refractivity (Wildman–Crippen MR) is 133 cm³/mol. The fourth-order valence-electron chi connectivity index (χ4n) is 3.04. The number of nitrogens with zero attached hydrogens (tertiary/aromatic N) is 2. The number of urea groups is 1. The molecule has 0 aliphatic carbocycles. The number of ether oxygens (including phenoxy) is 1. The molecule has 0 aliphatic heterocycles. The molecule has 0 aliphatic rings. The standard InChI is InChI=1S/C23H18F2N4O3.CH4O3S/c1-14-6-7-29-21(8-14)26-19(12-22(29)30)13-32-20-4-2-17(3-5-20)27-23(31)28-18-10-15(24)9-16(25)11-18;1-5(2,3)4/h2-12H,13H2,1H3,(H2,27,28,31);1H3,(H,2,3,4). The van der Waals surface area contributed by atoms with Crippen molar-refractivity contribution in [3.05, 3.63) is 100 Å². The lowest BCUT2D eigenvalue weighted by atomic mass is 10.3. The van der Waals surface area contributed by atoms with Crippen molar-refractivity contribution in [3.8, 4) is 5.75 Å². The fourth-order valence-corrected chi connectivity index (χ4v) is 3.04. The molecule has 4 rings (SSSR count). The van der Waals surface area contributed by atoms with Gasteiger partial charge in [0.25, 0.3) is 15.7 Å². The van der Waals surface area contributed by atoms with E-state index in [-0.39, 0.29) is 17.9 Å². The molecule has 0 fully saturated rings.